The van der Waals surface area contributed by atoms with Crippen molar-refractivity contribution in [2.24, 2.45) is 10.8 Å². The summed E-state index contributed by atoms with van der Waals surface area (Å²) in [4.78, 5) is 18.8. The number of pyridine rings is 1. The highest BCUT2D eigenvalue weighted by Crippen LogP contribution is 2.52. The average Bonchev–Trinajstić information content (AvgIpc) is 2.57. The molecule has 1 saturated carbocycles. The van der Waals surface area contributed by atoms with Gasteiger partial charge in [0.15, 0.2) is 0 Å². The number of hydrogen-bond acceptors (Lipinski definition) is 3. The normalized spacial score (nSPS) is 31.4. The molecular formula is C16H23N3O. The van der Waals surface area contributed by atoms with Gasteiger partial charge in [-0.2, -0.15) is 0 Å². The second-order valence-corrected chi connectivity index (χ2v) is 7.65. The van der Waals surface area contributed by atoms with Crippen LogP contribution in [0.3, 0.4) is 0 Å². The van der Waals surface area contributed by atoms with Crippen LogP contribution in [0, 0.1) is 10.8 Å². The van der Waals surface area contributed by atoms with Gasteiger partial charge in [-0.1, -0.05) is 20.8 Å². The van der Waals surface area contributed by atoms with E-state index in [-0.39, 0.29) is 11.3 Å². The topological polar surface area (TPSA) is 59.2 Å². The van der Waals surface area contributed by atoms with Gasteiger partial charge >= 0.3 is 0 Å². The maximum atomic E-state index is 12.7. The van der Waals surface area contributed by atoms with Crippen molar-refractivity contribution in [2.75, 3.05) is 12.3 Å². The molecule has 2 bridgehead atoms. The van der Waals surface area contributed by atoms with Crippen molar-refractivity contribution in [2.45, 2.75) is 46.1 Å². The van der Waals surface area contributed by atoms with Gasteiger partial charge < -0.3 is 10.6 Å². The number of carbonyl (C=O) groups is 1. The summed E-state index contributed by atoms with van der Waals surface area (Å²) in [5.74, 6) is 0.0798. The van der Waals surface area contributed by atoms with Crippen LogP contribution in [0.4, 0.5) is 5.69 Å². The largest absolute Gasteiger partial charge is 0.397 e. The summed E-state index contributed by atoms with van der Waals surface area (Å²) in [6.07, 6.45) is 6.59. The molecule has 20 heavy (non-hydrogen) atoms. The van der Waals surface area contributed by atoms with E-state index in [0.717, 1.165) is 19.4 Å². The van der Waals surface area contributed by atoms with E-state index in [4.69, 9.17) is 5.73 Å². The van der Waals surface area contributed by atoms with Gasteiger partial charge in [-0.3, -0.25) is 9.78 Å². The Morgan fingerprint density at radius 2 is 2.10 bits per heavy atom. The molecule has 1 aliphatic heterocycles. The van der Waals surface area contributed by atoms with Crippen LogP contribution in [-0.2, 0) is 0 Å². The van der Waals surface area contributed by atoms with Crippen LogP contribution in [0.15, 0.2) is 18.5 Å². The van der Waals surface area contributed by atoms with Gasteiger partial charge in [0, 0.05) is 25.0 Å². The quantitative estimate of drug-likeness (QED) is 0.856. The second kappa shape index (κ2) is 4.21. The average molecular weight is 273 g/mol. The Morgan fingerprint density at radius 1 is 1.35 bits per heavy atom. The fourth-order valence-corrected chi connectivity index (χ4v) is 4.44. The molecule has 108 valence electrons. The van der Waals surface area contributed by atoms with E-state index in [2.05, 4.69) is 25.8 Å². The summed E-state index contributed by atoms with van der Waals surface area (Å²) in [5, 5.41) is 0. The first-order valence-corrected chi connectivity index (χ1v) is 7.30. The molecule has 0 radical (unpaired) electrons. The molecule has 2 heterocycles. The first-order chi connectivity index (χ1) is 9.28. The van der Waals surface area contributed by atoms with E-state index < -0.39 is 0 Å². The molecule has 2 fully saturated rings. The van der Waals surface area contributed by atoms with E-state index in [1.807, 2.05) is 4.90 Å². The lowest BCUT2D eigenvalue weighted by Gasteiger charge is -2.39. The van der Waals surface area contributed by atoms with Crippen molar-refractivity contribution in [3.8, 4) is 0 Å². The fraction of sp³-hybridized carbons (Fsp3) is 0.625. The molecule has 4 heteroatoms. The summed E-state index contributed by atoms with van der Waals surface area (Å²) < 4.78 is 0. The smallest absolute Gasteiger partial charge is 0.255 e. The maximum Gasteiger partial charge on any atom is 0.255 e. The van der Waals surface area contributed by atoms with Crippen molar-refractivity contribution in [1.82, 2.24) is 9.88 Å². The number of amides is 1. The summed E-state index contributed by atoms with van der Waals surface area (Å²) in [6, 6.07) is 2.09. The highest BCUT2D eigenvalue weighted by Gasteiger charge is 2.51. The minimum atomic E-state index is 0.0798. The molecule has 1 aliphatic carbocycles. The third-order valence-electron chi connectivity index (χ3n) is 4.68. The Hall–Kier alpha value is -1.58. The standard InChI is InChI=1S/C16H23N3O/c1-15(2)5-13-6-16(3,9-15)10-19(13)14(20)11-4-12(17)8-18-7-11/h4,7-8,13H,5-6,9-10,17H2,1-3H3. The molecule has 2 atom stereocenters. The lowest BCUT2D eigenvalue weighted by molar-refractivity contribution is 0.0708. The molecule has 0 spiro atoms. The number of hydrogen-bond donors (Lipinski definition) is 1. The highest BCUT2D eigenvalue weighted by molar-refractivity contribution is 5.95. The second-order valence-electron chi connectivity index (χ2n) is 7.65. The minimum absolute atomic E-state index is 0.0798. The van der Waals surface area contributed by atoms with Crippen LogP contribution in [0.1, 0.15) is 50.4 Å². The van der Waals surface area contributed by atoms with Crippen LogP contribution in [0.25, 0.3) is 0 Å². The van der Waals surface area contributed by atoms with Crippen molar-refractivity contribution in [3.05, 3.63) is 24.0 Å². The Bertz CT molecular complexity index is 554. The minimum Gasteiger partial charge on any atom is -0.397 e. The van der Waals surface area contributed by atoms with E-state index >= 15 is 0 Å². The Kier molecular flexibility index (Phi) is 2.82. The van der Waals surface area contributed by atoms with E-state index in [0.29, 0.717) is 22.7 Å². The number of nitrogens with zero attached hydrogens (tertiary/aromatic N) is 2. The number of carbonyl (C=O) groups excluding carboxylic acids is 1. The van der Waals surface area contributed by atoms with Crippen molar-refractivity contribution < 1.29 is 4.79 Å². The summed E-state index contributed by atoms with van der Waals surface area (Å²) in [7, 11) is 0. The van der Waals surface area contributed by atoms with E-state index in [9.17, 15) is 4.79 Å². The van der Waals surface area contributed by atoms with Crippen LogP contribution in [0.5, 0.6) is 0 Å². The third-order valence-corrected chi connectivity index (χ3v) is 4.68. The van der Waals surface area contributed by atoms with Gasteiger partial charge in [0.05, 0.1) is 11.3 Å². The molecular weight excluding hydrogens is 250 g/mol. The molecule has 1 saturated heterocycles. The molecule has 0 aromatic carbocycles. The zero-order chi connectivity index (χ0) is 14.5. The third kappa shape index (κ3) is 2.28. The fourth-order valence-electron chi connectivity index (χ4n) is 4.44. The zero-order valence-electron chi connectivity index (χ0n) is 12.5. The number of anilines is 1. The summed E-state index contributed by atoms with van der Waals surface area (Å²) >= 11 is 0. The molecule has 3 rings (SSSR count). The predicted molar refractivity (Wildman–Crippen MR) is 79.2 cm³/mol. The lowest BCUT2D eigenvalue weighted by Crippen LogP contribution is -2.37. The number of rotatable bonds is 1. The lowest BCUT2D eigenvalue weighted by atomic mass is 9.65. The number of fused-ring (bicyclic) bond motifs is 2. The number of likely N-dealkylation sites (tertiary alicyclic amines) is 1. The van der Waals surface area contributed by atoms with Gasteiger partial charge in [0.1, 0.15) is 0 Å². The Morgan fingerprint density at radius 3 is 2.80 bits per heavy atom. The monoisotopic (exact) mass is 273 g/mol. The predicted octanol–water partition coefficient (Wildman–Crippen LogP) is 2.70. The molecule has 2 unspecified atom stereocenters. The molecule has 2 aliphatic rings. The molecule has 1 aromatic heterocycles. The van der Waals surface area contributed by atoms with Gasteiger partial charge in [0.2, 0.25) is 0 Å². The molecule has 1 aromatic rings. The Labute approximate surface area is 120 Å². The summed E-state index contributed by atoms with van der Waals surface area (Å²) in [5.41, 5.74) is 7.47. The van der Waals surface area contributed by atoms with Crippen molar-refractivity contribution in [3.63, 3.8) is 0 Å². The number of aromatic nitrogens is 1. The van der Waals surface area contributed by atoms with Gasteiger partial charge in [-0.15, -0.1) is 0 Å². The van der Waals surface area contributed by atoms with Crippen LogP contribution < -0.4 is 5.73 Å². The molecule has 4 nitrogen and oxygen atoms in total. The molecule has 2 N–H and O–H groups in total. The van der Waals surface area contributed by atoms with E-state index in [1.54, 1.807) is 18.5 Å². The van der Waals surface area contributed by atoms with Crippen LogP contribution in [-0.4, -0.2) is 28.4 Å². The van der Waals surface area contributed by atoms with Crippen LogP contribution >= 0.6 is 0 Å². The van der Waals surface area contributed by atoms with Crippen LogP contribution in [0.2, 0.25) is 0 Å². The van der Waals surface area contributed by atoms with Crippen molar-refractivity contribution in [1.29, 1.82) is 0 Å². The Balaban J connectivity index is 1.87. The van der Waals surface area contributed by atoms with Gasteiger partial charge in [0.25, 0.3) is 5.91 Å². The maximum absolute atomic E-state index is 12.7. The molecule has 1 amide bonds. The highest BCUT2D eigenvalue weighted by atomic mass is 16.2. The van der Waals surface area contributed by atoms with Gasteiger partial charge in [-0.05, 0) is 36.2 Å². The van der Waals surface area contributed by atoms with Gasteiger partial charge in [-0.25, -0.2) is 0 Å². The number of nitrogen functional groups attached to an aromatic ring is 1. The summed E-state index contributed by atoms with van der Waals surface area (Å²) in [6.45, 7) is 7.79. The zero-order valence-corrected chi connectivity index (χ0v) is 12.5. The van der Waals surface area contributed by atoms with E-state index in [1.165, 1.54) is 6.42 Å². The SMILES string of the molecule is CC1(C)CC2CC(C)(CN2C(=O)c2cncc(N)c2)C1. The first-order valence-electron chi connectivity index (χ1n) is 7.30. The first kappa shape index (κ1) is 13.4. The number of nitrogens with two attached hydrogens (primary N) is 1. The van der Waals surface area contributed by atoms with Crippen molar-refractivity contribution >= 4 is 11.6 Å².